The summed E-state index contributed by atoms with van der Waals surface area (Å²) in [6.07, 6.45) is 0. The largest absolute Gasteiger partial charge is 0.331 e. The average Bonchev–Trinajstić information content (AvgIpc) is 1.82. The standard InChI is InChI=1S/C8H19O3P/c1-6(2)8(5,7(3)4)12(9,10)11/h6-7H,1-5H3,(H2,9,10,11). The Labute approximate surface area is 74.3 Å². The fraction of sp³-hybridized carbons (Fsp3) is 1.00. The molecule has 0 aliphatic heterocycles. The third-order valence-electron chi connectivity index (χ3n) is 2.97. The average molecular weight is 194 g/mol. The third kappa shape index (κ3) is 1.90. The zero-order chi connectivity index (χ0) is 10.2. The molecule has 12 heavy (non-hydrogen) atoms. The molecule has 0 atom stereocenters. The zero-order valence-corrected chi connectivity index (χ0v) is 9.30. The Morgan fingerprint density at radius 1 is 1.08 bits per heavy atom. The lowest BCUT2D eigenvalue weighted by atomic mass is 9.86. The van der Waals surface area contributed by atoms with Crippen molar-refractivity contribution in [3.8, 4) is 0 Å². The lowest BCUT2D eigenvalue weighted by molar-refractivity contribution is 0.252. The minimum atomic E-state index is -4.00. The van der Waals surface area contributed by atoms with E-state index in [0.717, 1.165) is 0 Å². The van der Waals surface area contributed by atoms with Gasteiger partial charge in [-0.1, -0.05) is 27.7 Å². The van der Waals surface area contributed by atoms with Crippen molar-refractivity contribution in [3.05, 3.63) is 0 Å². The summed E-state index contributed by atoms with van der Waals surface area (Å²) in [6, 6.07) is 0. The van der Waals surface area contributed by atoms with Gasteiger partial charge in [-0.2, -0.15) is 0 Å². The third-order valence-corrected chi connectivity index (χ3v) is 5.25. The summed E-state index contributed by atoms with van der Waals surface area (Å²) in [7, 11) is -4.00. The Morgan fingerprint density at radius 3 is 1.33 bits per heavy atom. The Kier molecular flexibility index (Phi) is 3.53. The lowest BCUT2D eigenvalue weighted by Crippen LogP contribution is -2.37. The predicted octanol–water partition coefficient (Wildman–Crippen LogP) is 2.23. The SMILES string of the molecule is CC(C)C(C)(C(C)C)P(=O)(O)O. The minimum Gasteiger partial charge on any atom is -0.324 e. The van der Waals surface area contributed by atoms with E-state index >= 15 is 0 Å². The van der Waals surface area contributed by atoms with E-state index in [2.05, 4.69) is 0 Å². The van der Waals surface area contributed by atoms with Crippen LogP contribution in [-0.4, -0.2) is 14.9 Å². The molecule has 0 bridgehead atoms. The summed E-state index contributed by atoms with van der Waals surface area (Å²) < 4.78 is 11.2. The minimum absolute atomic E-state index is 0.0154. The van der Waals surface area contributed by atoms with Gasteiger partial charge in [0.2, 0.25) is 0 Å². The molecular weight excluding hydrogens is 175 g/mol. The quantitative estimate of drug-likeness (QED) is 0.677. The Bertz CT molecular complexity index is 184. The number of rotatable bonds is 3. The van der Waals surface area contributed by atoms with E-state index in [9.17, 15) is 14.4 Å². The van der Waals surface area contributed by atoms with Crippen LogP contribution in [0, 0.1) is 11.8 Å². The summed E-state index contributed by atoms with van der Waals surface area (Å²) in [5, 5.41) is -0.896. The highest BCUT2D eigenvalue weighted by Gasteiger charge is 2.47. The van der Waals surface area contributed by atoms with Crippen LogP contribution in [-0.2, 0) is 4.57 Å². The van der Waals surface area contributed by atoms with Crippen LogP contribution in [0.4, 0.5) is 0 Å². The van der Waals surface area contributed by atoms with E-state index in [4.69, 9.17) is 0 Å². The molecule has 0 aromatic heterocycles. The maximum Gasteiger partial charge on any atom is 0.331 e. The fourth-order valence-corrected chi connectivity index (χ4v) is 2.68. The second kappa shape index (κ2) is 3.49. The first-order valence-electron chi connectivity index (χ1n) is 4.19. The van der Waals surface area contributed by atoms with Gasteiger partial charge in [-0.15, -0.1) is 0 Å². The van der Waals surface area contributed by atoms with Gasteiger partial charge in [0.25, 0.3) is 0 Å². The highest BCUT2D eigenvalue weighted by Crippen LogP contribution is 2.57. The van der Waals surface area contributed by atoms with Gasteiger partial charge in [-0.3, -0.25) is 4.57 Å². The van der Waals surface area contributed by atoms with Gasteiger partial charge >= 0.3 is 7.60 Å². The molecule has 0 unspecified atom stereocenters. The first-order valence-corrected chi connectivity index (χ1v) is 5.81. The Hall–Kier alpha value is 0.150. The van der Waals surface area contributed by atoms with Crippen molar-refractivity contribution >= 4 is 7.60 Å². The molecule has 74 valence electrons. The van der Waals surface area contributed by atoms with Gasteiger partial charge in [0.15, 0.2) is 0 Å². The second-order valence-electron chi connectivity index (χ2n) is 4.08. The first kappa shape index (κ1) is 12.2. The topological polar surface area (TPSA) is 57.5 Å². The van der Waals surface area contributed by atoms with E-state index in [1.807, 2.05) is 27.7 Å². The molecule has 0 aliphatic carbocycles. The maximum absolute atomic E-state index is 11.2. The summed E-state index contributed by atoms with van der Waals surface area (Å²) in [6.45, 7) is 9.04. The summed E-state index contributed by atoms with van der Waals surface area (Å²) in [5.41, 5.74) is 0. The van der Waals surface area contributed by atoms with Crippen LogP contribution in [0.3, 0.4) is 0 Å². The van der Waals surface area contributed by atoms with Crippen LogP contribution in [0.1, 0.15) is 34.6 Å². The van der Waals surface area contributed by atoms with E-state index in [1.165, 1.54) is 0 Å². The maximum atomic E-state index is 11.2. The van der Waals surface area contributed by atoms with Crippen molar-refractivity contribution < 1.29 is 14.4 Å². The first-order chi connectivity index (χ1) is 5.14. The van der Waals surface area contributed by atoms with Gasteiger partial charge in [-0.05, 0) is 18.8 Å². The van der Waals surface area contributed by atoms with Gasteiger partial charge in [0.1, 0.15) is 0 Å². The molecule has 0 saturated heterocycles. The monoisotopic (exact) mass is 194 g/mol. The molecule has 0 amide bonds. The molecule has 0 radical (unpaired) electrons. The Morgan fingerprint density at radius 2 is 1.33 bits per heavy atom. The molecule has 0 spiro atoms. The van der Waals surface area contributed by atoms with Crippen LogP contribution in [0.2, 0.25) is 0 Å². The highest BCUT2D eigenvalue weighted by molar-refractivity contribution is 7.53. The summed E-state index contributed by atoms with van der Waals surface area (Å²) in [5.74, 6) is -0.0309. The molecule has 0 saturated carbocycles. The van der Waals surface area contributed by atoms with Crippen LogP contribution >= 0.6 is 7.60 Å². The van der Waals surface area contributed by atoms with Crippen LogP contribution in [0.5, 0.6) is 0 Å². The molecule has 0 aromatic carbocycles. The van der Waals surface area contributed by atoms with Crippen molar-refractivity contribution in [1.82, 2.24) is 0 Å². The van der Waals surface area contributed by atoms with Crippen molar-refractivity contribution in [2.45, 2.75) is 39.8 Å². The normalized spacial score (nSPS) is 14.4. The van der Waals surface area contributed by atoms with Crippen LogP contribution in [0.25, 0.3) is 0 Å². The van der Waals surface area contributed by atoms with Crippen molar-refractivity contribution in [3.63, 3.8) is 0 Å². The van der Waals surface area contributed by atoms with E-state index < -0.39 is 12.8 Å². The van der Waals surface area contributed by atoms with Crippen molar-refractivity contribution in [2.24, 2.45) is 11.8 Å². The van der Waals surface area contributed by atoms with Gasteiger partial charge < -0.3 is 9.79 Å². The van der Waals surface area contributed by atoms with Gasteiger partial charge in [0.05, 0.1) is 5.16 Å². The molecular formula is C8H19O3P. The summed E-state index contributed by atoms with van der Waals surface area (Å²) in [4.78, 5) is 18.4. The number of hydrogen-bond donors (Lipinski definition) is 2. The molecule has 0 aliphatic rings. The molecule has 4 heteroatoms. The molecule has 0 rings (SSSR count). The van der Waals surface area contributed by atoms with E-state index in [1.54, 1.807) is 6.92 Å². The van der Waals surface area contributed by atoms with Gasteiger partial charge in [-0.25, -0.2) is 0 Å². The summed E-state index contributed by atoms with van der Waals surface area (Å²) >= 11 is 0. The number of hydrogen-bond acceptors (Lipinski definition) is 1. The highest BCUT2D eigenvalue weighted by atomic mass is 31.2. The zero-order valence-electron chi connectivity index (χ0n) is 8.40. The smallest absolute Gasteiger partial charge is 0.324 e. The molecule has 0 heterocycles. The Balaban J connectivity index is 5.03. The second-order valence-corrected chi connectivity index (χ2v) is 6.13. The lowest BCUT2D eigenvalue weighted by Gasteiger charge is -2.37. The van der Waals surface area contributed by atoms with E-state index in [-0.39, 0.29) is 11.8 Å². The van der Waals surface area contributed by atoms with Crippen molar-refractivity contribution in [2.75, 3.05) is 0 Å². The van der Waals surface area contributed by atoms with Gasteiger partial charge in [0, 0.05) is 0 Å². The predicted molar refractivity (Wildman–Crippen MR) is 50.1 cm³/mol. The fourth-order valence-electron chi connectivity index (χ4n) is 1.34. The molecule has 3 nitrogen and oxygen atoms in total. The van der Waals surface area contributed by atoms with Crippen LogP contribution in [0.15, 0.2) is 0 Å². The molecule has 0 aromatic rings. The van der Waals surface area contributed by atoms with E-state index in [0.29, 0.717) is 0 Å². The molecule has 0 fully saturated rings. The van der Waals surface area contributed by atoms with Crippen molar-refractivity contribution in [1.29, 1.82) is 0 Å². The van der Waals surface area contributed by atoms with Crippen LogP contribution < -0.4 is 0 Å². The molecule has 2 N–H and O–H groups in total.